The summed E-state index contributed by atoms with van der Waals surface area (Å²) in [6.45, 7) is 2.02. The lowest BCUT2D eigenvalue weighted by atomic mass is 10.1. The Kier molecular flexibility index (Phi) is 4.47. The van der Waals surface area contributed by atoms with Gasteiger partial charge < -0.3 is 14.6 Å². The first kappa shape index (κ1) is 13.8. The predicted octanol–water partition coefficient (Wildman–Crippen LogP) is 2.09. The maximum Gasteiger partial charge on any atom is 0.339 e. The van der Waals surface area contributed by atoms with Crippen molar-refractivity contribution in [1.29, 1.82) is 0 Å². The molecule has 0 spiro atoms. The van der Waals surface area contributed by atoms with Crippen LogP contribution in [0.2, 0.25) is 0 Å². The Morgan fingerprint density at radius 1 is 1.50 bits per heavy atom. The number of hydrogen-bond donors (Lipinski definition) is 1. The summed E-state index contributed by atoms with van der Waals surface area (Å²) in [5, 5.41) is 19.9. The third-order valence-corrected chi connectivity index (χ3v) is 2.16. The van der Waals surface area contributed by atoms with Gasteiger partial charge in [-0.05, 0) is 12.5 Å². The number of nitro benzene ring substituents is 1. The molecule has 7 nitrogen and oxygen atoms in total. The van der Waals surface area contributed by atoms with Gasteiger partial charge in [-0.15, -0.1) is 0 Å². The van der Waals surface area contributed by atoms with Gasteiger partial charge in [0.05, 0.1) is 24.7 Å². The molecule has 0 atom stereocenters. The Morgan fingerprint density at radius 3 is 2.61 bits per heavy atom. The number of methoxy groups -OCH3 is 1. The minimum absolute atomic E-state index is 0.1000. The third-order valence-electron chi connectivity index (χ3n) is 2.16. The fourth-order valence-corrected chi connectivity index (χ4v) is 1.36. The van der Waals surface area contributed by atoms with E-state index in [1.807, 2.05) is 6.92 Å². The van der Waals surface area contributed by atoms with Gasteiger partial charge in [0.15, 0.2) is 0 Å². The Hall–Kier alpha value is -2.31. The average molecular weight is 255 g/mol. The topological polar surface area (TPSA) is 98.9 Å². The highest BCUT2D eigenvalue weighted by Crippen LogP contribution is 2.35. The van der Waals surface area contributed by atoms with Gasteiger partial charge in [-0.25, -0.2) is 4.79 Å². The molecule has 0 bridgehead atoms. The number of carbonyl (C=O) groups is 1. The number of carboxylic acids is 1. The van der Waals surface area contributed by atoms with Gasteiger partial charge in [-0.1, -0.05) is 6.92 Å². The van der Waals surface area contributed by atoms with E-state index in [-0.39, 0.29) is 23.7 Å². The van der Waals surface area contributed by atoms with Gasteiger partial charge in [-0.3, -0.25) is 10.1 Å². The maximum absolute atomic E-state index is 11.1. The number of aromatic carboxylic acids is 1. The highest BCUT2D eigenvalue weighted by Gasteiger charge is 2.25. The van der Waals surface area contributed by atoms with Crippen molar-refractivity contribution in [3.63, 3.8) is 0 Å². The van der Waals surface area contributed by atoms with Gasteiger partial charge in [0.1, 0.15) is 11.3 Å². The van der Waals surface area contributed by atoms with Crippen molar-refractivity contribution in [3.05, 3.63) is 27.8 Å². The third kappa shape index (κ3) is 2.88. The summed E-state index contributed by atoms with van der Waals surface area (Å²) in [7, 11) is 1.30. The molecule has 0 aliphatic carbocycles. The Labute approximate surface area is 103 Å². The summed E-state index contributed by atoms with van der Waals surface area (Å²) in [6.07, 6.45) is 0.613. The zero-order valence-corrected chi connectivity index (χ0v) is 10.0. The van der Waals surface area contributed by atoms with E-state index in [0.717, 1.165) is 6.07 Å². The van der Waals surface area contributed by atoms with Gasteiger partial charge in [0.2, 0.25) is 5.75 Å². The lowest BCUT2D eigenvalue weighted by Gasteiger charge is -2.10. The molecule has 0 saturated carbocycles. The first-order chi connectivity index (χ1) is 8.51. The summed E-state index contributed by atoms with van der Waals surface area (Å²) in [5.41, 5.74) is -0.699. The van der Waals surface area contributed by atoms with Crippen molar-refractivity contribution in [1.82, 2.24) is 0 Å². The number of carboxylic acid groups (broad SMARTS) is 1. The number of nitrogens with zero attached hydrogens (tertiary/aromatic N) is 1. The average Bonchev–Trinajstić information content (AvgIpc) is 2.34. The zero-order chi connectivity index (χ0) is 13.7. The van der Waals surface area contributed by atoms with E-state index in [0.29, 0.717) is 6.42 Å². The lowest BCUT2D eigenvalue weighted by molar-refractivity contribution is -0.386. The van der Waals surface area contributed by atoms with E-state index in [2.05, 4.69) is 0 Å². The second-order valence-electron chi connectivity index (χ2n) is 3.43. The molecule has 0 radical (unpaired) electrons. The van der Waals surface area contributed by atoms with Crippen molar-refractivity contribution in [3.8, 4) is 11.5 Å². The summed E-state index contributed by atoms with van der Waals surface area (Å²) in [6, 6.07) is 2.33. The molecular formula is C11H13NO6. The number of benzene rings is 1. The largest absolute Gasteiger partial charge is 0.496 e. The highest BCUT2D eigenvalue weighted by atomic mass is 16.6. The second-order valence-corrected chi connectivity index (χ2v) is 3.43. The van der Waals surface area contributed by atoms with E-state index in [9.17, 15) is 14.9 Å². The molecule has 1 aromatic rings. The Balaban J connectivity index is 3.40. The van der Waals surface area contributed by atoms with Crippen LogP contribution >= 0.6 is 0 Å². The van der Waals surface area contributed by atoms with Crippen molar-refractivity contribution >= 4 is 11.7 Å². The SMILES string of the molecule is CCCOc1c(C(=O)O)cc(OC)cc1[N+](=O)[O-]. The van der Waals surface area contributed by atoms with Crippen molar-refractivity contribution in [2.24, 2.45) is 0 Å². The minimum atomic E-state index is -1.30. The fraction of sp³-hybridized carbons (Fsp3) is 0.364. The predicted molar refractivity (Wildman–Crippen MR) is 62.4 cm³/mol. The van der Waals surface area contributed by atoms with Crippen LogP contribution in [0.4, 0.5) is 5.69 Å². The van der Waals surface area contributed by atoms with Gasteiger partial charge >= 0.3 is 11.7 Å². The fourth-order valence-electron chi connectivity index (χ4n) is 1.36. The number of ether oxygens (including phenoxy) is 2. The first-order valence-corrected chi connectivity index (χ1v) is 5.23. The van der Waals surface area contributed by atoms with E-state index in [1.165, 1.54) is 13.2 Å². The zero-order valence-electron chi connectivity index (χ0n) is 10.0. The minimum Gasteiger partial charge on any atom is -0.496 e. The van der Waals surface area contributed by atoms with Crippen LogP contribution in [0.3, 0.4) is 0 Å². The van der Waals surface area contributed by atoms with Crippen LogP contribution in [0.25, 0.3) is 0 Å². The lowest BCUT2D eigenvalue weighted by Crippen LogP contribution is -2.07. The second kappa shape index (κ2) is 5.85. The molecule has 0 aliphatic heterocycles. The standard InChI is InChI=1S/C11H13NO6/c1-3-4-18-10-8(11(13)14)5-7(17-2)6-9(10)12(15)16/h5-6H,3-4H2,1-2H3,(H,13,14). The van der Waals surface area contributed by atoms with E-state index in [1.54, 1.807) is 0 Å². The number of hydrogen-bond acceptors (Lipinski definition) is 5. The van der Waals surface area contributed by atoms with Crippen LogP contribution in [0.5, 0.6) is 11.5 Å². The molecule has 0 heterocycles. The Morgan fingerprint density at radius 2 is 2.17 bits per heavy atom. The summed E-state index contributed by atoms with van der Waals surface area (Å²) < 4.78 is 9.99. The first-order valence-electron chi connectivity index (χ1n) is 5.23. The van der Waals surface area contributed by atoms with Crippen molar-refractivity contribution in [2.45, 2.75) is 13.3 Å². The van der Waals surface area contributed by atoms with Crippen molar-refractivity contribution in [2.75, 3.05) is 13.7 Å². The van der Waals surface area contributed by atoms with Crippen LogP contribution in [-0.2, 0) is 0 Å². The van der Waals surface area contributed by atoms with E-state index < -0.39 is 16.6 Å². The molecule has 0 saturated heterocycles. The monoisotopic (exact) mass is 255 g/mol. The van der Waals surface area contributed by atoms with Crippen LogP contribution in [0.15, 0.2) is 12.1 Å². The molecule has 0 aliphatic rings. The number of rotatable bonds is 6. The van der Waals surface area contributed by atoms with Gasteiger partial charge in [0, 0.05) is 0 Å². The molecule has 1 aromatic carbocycles. The molecule has 0 amide bonds. The summed E-state index contributed by atoms with van der Waals surface area (Å²) >= 11 is 0. The van der Waals surface area contributed by atoms with Crippen LogP contribution in [-0.4, -0.2) is 29.7 Å². The van der Waals surface area contributed by atoms with Crippen LogP contribution in [0, 0.1) is 10.1 Å². The van der Waals surface area contributed by atoms with E-state index >= 15 is 0 Å². The molecule has 0 aromatic heterocycles. The normalized spacial score (nSPS) is 9.89. The highest BCUT2D eigenvalue weighted by molar-refractivity contribution is 5.93. The molecule has 18 heavy (non-hydrogen) atoms. The number of nitro groups is 1. The molecule has 7 heteroatoms. The summed E-state index contributed by atoms with van der Waals surface area (Å²) in [4.78, 5) is 21.3. The quantitative estimate of drug-likeness (QED) is 0.617. The van der Waals surface area contributed by atoms with Crippen LogP contribution in [0.1, 0.15) is 23.7 Å². The van der Waals surface area contributed by atoms with Crippen LogP contribution < -0.4 is 9.47 Å². The smallest absolute Gasteiger partial charge is 0.339 e. The maximum atomic E-state index is 11.1. The van der Waals surface area contributed by atoms with E-state index in [4.69, 9.17) is 14.6 Å². The molecule has 0 fully saturated rings. The molecular weight excluding hydrogens is 242 g/mol. The Bertz CT molecular complexity index is 436. The molecule has 1 rings (SSSR count). The van der Waals surface area contributed by atoms with Gasteiger partial charge in [0.25, 0.3) is 0 Å². The summed E-state index contributed by atoms with van der Waals surface area (Å²) in [5.74, 6) is -1.44. The molecule has 0 unspecified atom stereocenters. The van der Waals surface area contributed by atoms with Crippen molar-refractivity contribution < 1.29 is 24.3 Å². The molecule has 98 valence electrons. The van der Waals surface area contributed by atoms with Gasteiger partial charge in [-0.2, -0.15) is 0 Å². The molecule has 1 N–H and O–H groups in total.